The number of imide groups is 2. The summed E-state index contributed by atoms with van der Waals surface area (Å²) in [5.41, 5.74) is 4.48. The molecule has 7 rings (SSSR count). The lowest BCUT2D eigenvalue weighted by Crippen LogP contribution is -2.53. The van der Waals surface area contributed by atoms with E-state index in [2.05, 4.69) is 5.43 Å². The predicted octanol–water partition coefficient (Wildman–Crippen LogP) is 4.21. The van der Waals surface area contributed by atoms with Crippen LogP contribution in [0.15, 0.2) is 84.4 Å². The third-order valence-corrected chi connectivity index (χ3v) is 9.67. The fourth-order valence-electron chi connectivity index (χ4n) is 7.81. The molecule has 0 radical (unpaired) electrons. The first-order valence-electron chi connectivity index (χ1n) is 14.2. The van der Waals surface area contributed by atoms with Gasteiger partial charge in [0.2, 0.25) is 0 Å². The molecule has 3 fully saturated rings. The van der Waals surface area contributed by atoms with Crippen LogP contribution in [0, 0.1) is 36.4 Å². The molecule has 218 valence electrons. The van der Waals surface area contributed by atoms with Crippen molar-refractivity contribution < 1.29 is 33.9 Å². The van der Waals surface area contributed by atoms with Crippen LogP contribution in [0.2, 0.25) is 0 Å². The highest BCUT2D eigenvalue weighted by Crippen LogP contribution is 2.64. The standard InChI is InChI=1S/C33H28FN3O6/c1-17-7-10-20(11-8-17)35-36-30(40)24-16-23-21(12-13-22-27(23)31(41)37(43)29(22)39)28(18-9-14-26(38)25(34)15-18)33(24,32(36)42)19-5-3-2-4-6-19/h2-12,14-15,22-24,27-28,35,38,43H,13,16H2,1H3/t22-,23+,24-,27-,28-,33+/m0/s1. The number of hydroxylamine groups is 2. The summed E-state index contributed by atoms with van der Waals surface area (Å²) in [6.45, 7) is 1.92. The summed E-state index contributed by atoms with van der Waals surface area (Å²) in [6, 6.07) is 20.0. The minimum absolute atomic E-state index is 0.0580. The first kappa shape index (κ1) is 27.0. The van der Waals surface area contributed by atoms with Gasteiger partial charge in [-0.15, -0.1) is 0 Å². The van der Waals surface area contributed by atoms with Gasteiger partial charge in [-0.05, 0) is 61.1 Å². The zero-order valence-electron chi connectivity index (χ0n) is 23.1. The third-order valence-electron chi connectivity index (χ3n) is 9.67. The van der Waals surface area contributed by atoms with E-state index in [4.69, 9.17) is 0 Å². The van der Waals surface area contributed by atoms with Gasteiger partial charge in [0.05, 0.1) is 28.9 Å². The molecule has 4 aliphatic rings. The predicted molar refractivity (Wildman–Crippen MR) is 150 cm³/mol. The highest BCUT2D eigenvalue weighted by atomic mass is 19.1. The smallest absolute Gasteiger partial charge is 0.260 e. The van der Waals surface area contributed by atoms with Crippen molar-refractivity contribution >= 4 is 29.3 Å². The molecular formula is C33H28FN3O6. The Balaban J connectivity index is 1.47. The molecule has 0 unspecified atom stereocenters. The molecule has 2 saturated heterocycles. The number of phenols is 1. The topological polar surface area (TPSA) is 127 Å². The average Bonchev–Trinajstić information content (AvgIpc) is 3.36. The van der Waals surface area contributed by atoms with Crippen LogP contribution in [-0.2, 0) is 24.6 Å². The Morgan fingerprint density at radius 2 is 1.63 bits per heavy atom. The number of anilines is 1. The number of carbonyl (C=O) groups excluding carboxylic acids is 4. The van der Waals surface area contributed by atoms with Crippen LogP contribution in [0.3, 0.4) is 0 Å². The van der Waals surface area contributed by atoms with Crippen molar-refractivity contribution in [3.8, 4) is 5.75 Å². The van der Waals surface area contributed by atoms with Crippen molar-refractivity contribution in [1.29, 1.82) is 0 Å². The van der Waals surface area contributed by atoms with Crippen LogP contribution in [0.25, 0.3) is 0 Å². The Labute approximate surface area is 246 Å². The molecule has 2 aliphatic heterocycles. The molecule has 3 N–H and O–H groups in total. The minimum atomic E-state index is -1.54. The number of hydrogen-bond donors (Lipinski definition) is 3. The van der Waals surface area contributed by atoms with Crippen LogP contribution in [0.5, 0.6) is 5.75 Å². The van der Waals surface area contributed by atoms with Crippen molar-refractivity contribution in [2.24, 2.45) is 23.7 Å². The van der Waals surface area contributed by atoms with Gasteiger partial charge < -0.3 is 5.11 Å². The summed E-state index contributed by atoms with van der Waals surface area (Å²) >= 11 is 0. The van der Waals surface area contributed by atoms with Crippen LogP contribution >= 0.6 is 0 Å². The molecule has 9 nitrogen and oxygen atoms in total. The molecule has 1 saturated carbocycles. The van der Waals surface area contributed by atoms with E-state index in [-0.39, 0.29) is 17.9 Å². The highest BCUT2D eigenvalue weighted by molar-refractivity contribution is 6.13. The van der Waals surface area contributed by atoms with Crippen molar-refractivity contribution in [3.05, 3.63) is 107 Å². The first-order valence-corrected chi connectivity index (χ1v) is 14.2. The fourth-order valence-corrected chi connectivity index (χ4v) is 7.81. The maximum atomic E-state index is 15.0. The van der Waals surface area contributed by atoms with Gasteiger partial charge in [0, 0.05) is 5.92 Å². The summed E-state index contributed by atoms with van der Waals surface area (Å²) in [5.74, 6) is -8.30. The molecule has 2 heterocycles. The number of aryl methyl sites for hydroxylation is 1. The lowest BCUT2D eigenvalue weighted by molar-refractivity contribution is -0.173. The van der Waals surface area contributed by atoms with Gasteiger partial charge in [-0.25, -0.2) is 4.39 Å². The Kier molecular flexibility index (Phi) is 6.04. The van der Waals surface area contributed by atoms with Gasteiger partial charge in [0.15, 0.2) is 11.6 Å². The number of nitrogens with zero attached hydrogens (tertiary/aromatic N) is 2. The molecule has 3 aromatic carbocycles. The number of carbonyl (C=O) groups is 4. The van der Waals surface area contributed by atoms with Crippen molar-refractivity contribution in [3.63, 3.8) is 0 Å². The van der Waals surface area contributed by atoms with E-state index in [1.54, 1.807) is 48.5 Å². The normalized spacial score (nSPS) is 29.7. The largest absolute Gasteiger partial charge is 0.505 e. The lowest BCUT2D eigenvalue weighted by Gasteiger charge is -2.50. The molecule has 6 atom stereocenters. The number of fused-ring (bicyclic) bond motifs is 4. The van der Waals surface area contributed by atoms with E-state index in [1.165, 1.54) is 12.1 Å². The monoisotopic (exact) mass is 581 g/mol. The van der Waals surface area contributed by atoms with Gasteiger partial charge in [-0.1, -0.05) is 65.7 Å². The second kappa shape index (κ2) is 9.60. The number of allylic oxidation sites excluding steroid dienone is 2. The summed E-state index contributed by atoms with van der Waals surface area (Å²) in [4.78, 5) is 55.2. The van der Waals surface area contributed by atoms with Crippen LogP contribution in [0.1, 0.15) is 35.4 Å². The molecule has 0 aromatic heterocycles. The summed E-state index contributed by atoms with van der Waals surface area (Å²) in [5, 5.41) is 21.5. The number of amides is 4. The average molecular weight is 582 g/mol. The lowest BCUT2D eigenvalue weighted by atomic mass is 9.49. The van der Waals surface area contributed by atoms with Gasteiger partial charge >= 0.3 is 0 Å². The second-order valence-corrected chi connectivity index (χ2v) is 11.8. The Morgan fingerprint density at radius 3 is 2.33 bits per heavy atom. The maximum absolute atomic E-state index is 15.0. The fraction of sp³-hybridized carbons (Fsp3) is 0.273. The molecule has 43 heavy (non-hydrogen) atoms. The van der Waals surface area contributed by atoms with Gasteiger partial charge in [-0.3, -0.25) is 29.8 Å². The molecule has 0 spiro atoms. The zero-order chi connectivity index (χ0) is 30.2. The second-order valence-electron chi connectivity index (χ2n) is 11.8. The highest BCUT2D eigenvalue weighted by Gasteiger charge is 2.70. The van der Waals surface area contributed by atoms with E-state index in [1.807, 2.05) is 19.1 Å². The number of aromatic hydroxyl groups is 1. The number of hydrogen-bond acceptors (Lipinski definition) is 7. The van der Waals surface area contributed by atoms with E-state index >= 15 is 0 Å². The number of hydrazine groups is 1. The summed E-state index contributed by atoms with van der Waals surface area (Å²) in [6.07, 6.45) is 2.00. The number of phenolic OH excluding ortho intramolecular Hbond substituents is 1. The van der Waals surface area contributed by atoms with E-state index in [9.17, 15) is 33.9 Å². The molecule has 0 bridgehead atoms. The van der Waals surface area contributed by atoms with Gasteiger partial charge in [0.1, 0.15) is 0 Å². The molecule has 10 heteroatoms. The Bertz CT molecular complexity index is 1720. The van der Waals surface area contributed by atoms with E-state index < -0.39 is 70.2 Å². The van der Waals surface area contributed by atoms with Crippen molar-refractivity contribution in [2.75, 3.05) is 5.43 Å². The zero-order valence-corrected chi connectivity index (χ0v) is 23.1. The van der Waals surface area contributed by atoms with Gasteiger partial charge in [-0.2, -0.15) is 10.1 Å². The number of nitrogens with one attached hydrogen (secondary N) is 1. The van der Waals surface area contributed by atoms with Crippen molar-refractivity contribution in [2.45, 2.75) is 31.1 Å². The number of benzene rings is 3. The van der Waals surface area contributed by atoms with Crippen LogP contribution in [-0.4, -0.2) is 44.0 Å². The Morgan fingerprint density at radius 1 is 0.907 bits per heavy atom. The van der Waals surface area contributed by atoms with E-state index in [0.29, 0.717) is 22.4 Å². The van der Waals surface area contributed by atoms with Crippen LogP contribution < -0.4 is 5.43 Å². The van der Waals surface area contributed by atoms with E-state index in [0.717, 1.165) is 16.6 Å². The SMILES string of the molecule is Cc1ccc(NN2C(=O)[C@@H]3C[C@@H]4C(=CC[C@@H]5C(=O)N(O)C(=O)[C@@H]54)[C@H](c4ccc(O)c(F)c4)[C@]3(c3ccccc3)C2=O)cc1. The quantitative estimate of drug-likeness (QED) is 0.239. The van der Waals surface area contributed by atoms with Gasteiger partial charge in [0.25, 0.3) is 23.6 Å². The summed E-state index contributed by atoms with van der Waals surface area (Å²) < 4.78 is 15.0. The minimum Gasteiger partial charge on any atom is -0.505 e. The molecular weight excluding hydrogens is 553 g/mol. The molecule has 3 aromatic rings. The maximum Gasteiger partial charge on any atom is 0.260 e. The Hall–Kier alpha value is -4.83. The molecule has 4 amide bonds. The third kappa shape index (κ3) is 3.72. The van der Waals surface area contributed by atoms with Crippen molar-refractivity contribution in [1.82, 2.24) is 10.1 Å². The molecule has 2 aliphatic carbocycles. The number of rotatable bonds is 4. The van der Waals surface area contributed by atoms with Crippen LogP contribution in [0.4, 0.5) is 10.1 Å². The summed E-state index contributed by atoms with van der Waals surface area (Å²) in [7, 11) is 0. The number of halogens is 1. The first-order chi connectivity index (χ1) is 20.6.